The lowest BCUT2D eigenvalue weighted by Gasteiger charge is -2.30. The molecule has 1 aromatic carbocycles. The molecule has 0 bridgehead atoms. The number of carbonyl (C=O) groups excluding carboxylic acids is 1. The molecule has 1 heterocycles. The highest BCUT2D eigenvalue weighted by atomic mass is 79.9. The van der Waals surface area contributed by atoms with Gasteiger partial charge in [0, 0.05) is 17.1 Å². The van der Waals surface area contributed by atoms with E-state index in [1.54, 1.807) is 12.1 Å². The maximum absolute atomic E-state index is 14.0. The summed E-state index contributed by atoms with van der Waals surface area (Å²) in [5, 5.41) is 3.34. The summed E-state index contributed by atoms with van der Waals surface area (Å²) in [6.45, 7) is 2.79. The Morgan fingerprint density at radius 3 is 2.67 bits per heavy atom. The van der Waals surface area contributed by atoms with Crippen LogP contribution in [-0.2, 0) is 0 Å². The molecule has 3 rings (SSSR count). The molecule has 21 heavy (non-hydrogen) atoms. The highest BCUT2D eigenvalue weighted by molar-refractivity contribution is 9.10. The molecule has 0 spiro atoms. The SMILES string of the molecule is O=C(c1cc(Br)ccc1F)N(CC1CCNCC1)C1CC1. The van der Waals surface area contributed by atoms with Crippen LogP contribution in [0.15, 0.2) is 22.7 Å². The van der Waals surface area contributed by atoms with Crippen LogP contribution in [0.25, 0.3) is 0 Å². The second-order valence-electron chi connectivity index (χ2n) is 6.01. The van der Waals surface area contributed by atoms with Crippen molar-refractivity contribution in [3.05, 3.63) is 34.1 Å². The number of hydrogen-bond donors (Lipinski definition) is 1. The first kappa shape index (κ1) is 15.0. The fourth-order valence-electron chi connectivity index (χ4n) is 2.94. The van der Waals surface area contributed by atoms with E-state index >= 15 is 0 Å². The monoisotopic (exact) mass is 354 g/mol. The standard InChI is InChI=1S/C16H20BrFN2O/c17-12-1-4-15(18)14(9-12)16(21)20(13-2-3-13)10-11-5-7-19-8-6-11/h1,4,9,11,13,19H,2-3,5-8,10H2. The second kappa shape index (κ2) is 6.44. The Balaban J connectivity index is 1.76. The van der Waals surface area contributed by atoms with Crippen molar-refractivity contribution in [2.24, 2.45) is 5.92 Å². The molecule has 0 unspecified atom stereocenters. The van der Waals surface area contributed by atoms with Crippen LogP contribution in [-0.4, -0.2) is 36.5 Å². The minimum absolute atomic E-state index is 0.158. The number of nitrogens with zero attached hydrogens (tertiary/aromatic N) is 1. The molecule has 1 aliphatic carbocycles. The molecule has 1 aliphatic heterocycles. The van der Waals surface area contributed by atoms with E-state index in [-0.39, 0.29) is 11.5 Å². The van der Waals surface area contributed by atoms with Crippen molar-refractivity contribution in [3.63, 3.8) is 0 Å². The molecule has 1 aromatic rings. The van der Waals surface area contributed by atoms with Crippen LogP contribution in [0, 0.1) is 11.7 Å². The highest BCUT2D eigenvalue weighted by Crippen LogP contribution is 2.31. The topological polar surface area (TPSA) is 32.3 Å². The van der Waals surface area contributed by atoms with Crippen molar-refractivity contribution in [3.8, 4) is 0 Å². The third kappa shape index (κ3) is 3.64. The molecule has 1 saturated carbocycles. The molecule has 5 heteroatoms. The van der Waals surface area contributed by atoms with E-state index in [1.807, 2.05) is 4.90 Å². The summed E-state index contributed by atoms with van der Waals surface area (Å²) in [5.41, 5.74) is 0.185. The highest BCUT2D eigenvalue weighted by Gasteiger charge is 2.35. The van der Waals surface area contributed by atoms with Gasteiger partial charge in [-0.25, -0.2) is 4.39 Å². The molecule has 114 valence electrons. The molecule has 1 saturated heterocycles. The van der Waals surface area contributed by atoms with Crippen molar-refractivity contribution in [1.82, 2.24) is 10.2 Å². The first-order valence-electron chi connectivity index (χ1n) is 7.62. The Hall–Kier alpha value is -0.940. The van der Waals surface area contributed by atoms with Crippen LogP contribution < -0.4 is 5.32 Å². The summed E-state index contributed by atoms with van der Waals surface area (Å²) in [6.07, 6.45) is 4.29. The number of piperidine rings is 1. The molecule has 2 fully saturated rings. The van der Waals surface area contributed by atoms with Crippen LogP contribution in [0.3, 0.4) is 0 Å². The van der Waals surface area contributed by atoms with Gasteiger partial charge in [-0.1, -0.05) is 15.9 Å². The summed E-state index contributed by atoms with van der Waals surface area (Å²) in [6, 6.07) is 4.88. The number of amides is 1. The number of nitrogens with one attached hydrogen (secondary N) is 1. The van der Waals surface area contributed by atoms with E-state index in [0.29, 0.717) is 12.0 Å². The molecule has 1 amide bonds. The number of hydrogen-bond acceptors (Lipinski definition) is 2. The maximum Gasteiger partial charge on any atom is 0.257 e. The van der Waals surface area contributed by atoms with Gasteiger partial charge in [0.15, 0.2) is 0 Å². The fraction of sp³-hybridized carbons (Fsp3) is 0.562. The van der Waals surface area contributed by atoms with Crippen molar-refractivity contribution in [2.45, 2.75) is 31.7 Å². The van der Waals surface area contributed by atoms with Crippen molar-refractivity contribution in [1.29, 1.82) is 0 Å². The van der Waals surface area contributed by atoms with Crippen LogP contribution in [0.5, 0.6) is 0 Å². The largest absolute Gasteiger partial charge is 0.335 e. The lowest BCUT2D eigenvalue weighted by molar-refractivity contribution is 0.0697. The van der Waals surface area contributed by atoms with Crippen LogP contribution >= 0.6 is 15.9 Å². The molecule has 2 aliphatic rings. The first-order valence-corrected chi connectivity index (χ1v) is 8.41. The van der Waals surface area contributed by atoms with Gasteiger partial charge < -0.3 is 10.2 Å². The predicted octanol–water partition coefficient (Wildman–Crippen LogP) is 3.19. The second-order valence-corrected chi connectivity index (χ2v) is 6.92. The van der Waals surface area contributed by atoms with Gasteiger partial charge in [0.1, 0.15) is 5.82 Å². The van der Waals surface area contributed by atoms with Gasteiger partial charge in [0.05, 0.1) is 5.56 Å². The molecule has 0 atom stereocenters. The molecule has 0 radical (unpaired) electrons. The first-order chi connectivity index (χ1) is 10.1. The lowest BCUT2D eigenvalue weighted by Crippen LogP contribution is -2.40. The Labute approximate surface area is 133 Å². The predicted molar refractivity (Wildman–Crippen MR) is 83.8 cm³/mol. The van der Waals surface area contributed by atoms with E-state index in [0.717, 1.165) is 49.8 Å². The summed E-state index contributed by atoms with van der Waals surface area (Å²) in [4.78, 5) is 14.6. The van der Waals surface area contributed by atoms with E-state index in [9.17, 15) is 9.18 Å². The van der Waals surface area contributed by atoms with Gasteiger partial charge in [-0.3, -0.25) is 4.79 Å². The Bertz CT molecular complexity index is 527. The van der Waals surface area contributed by atoms with E-state index in [2.05, 4.69) is 21.2 Å². The molecule has 1 N–H and O–H groups in total. The minimum Gasteiger partial charge on any atom is -0.335 e. The molecular formula is C16H20BrFN2O. The lowest BCUT2D eigenvalue weighted by atomic mass is 9.97. The van der Waals surface area contributed by atoms with Gasteiger partial charge in [-0.2, -0.15) is 0 Å². The van der Waals surface area contributed by atoms with Crippen molar-refractivity contribution in [2.75, 3.05) is 19.6 Å². The van der Waals surface area contributed by atoms with E-state index in [1.165, 1.54) is 6.07 Å². The normalized spacial score (nSPS) is 19.5. The quantitative estimate of drug-likeness (QED) is 0.900. The summed E-state index contributed by atoms with van der Waals surface area (Å²) < 4.78 is 14.7. The average Bonchev–Trinajstić information content (AvgIpc) is 3.32. The van der Waals surface area contributed by atoms with Gasteiger partial charge in [-0.15, -0.1) is 0 Å². The third-order valence-corrected chi connectivity index (χ3v) is 4.81. The van der Waals surface area contributed by atoms with Gasteiger partial charge in [-0.05, 0) is 62.9 Å². The van der Waals surface area contributed by atoms with Crippen molar-refractivity contribution < 1.29 is 9.18 Å². The summed E-state index contributed by atoms with van der Waals surface area (Å²) in [5.74, 6) is -0.0555. The number of rotatable bonds is 4. The number of halogens is 2. The van der Waals surface area contributed by atoms with Gasteiger partial charge in [0.25, 0.3) is 5.91 Å². The van der Waals surface area contributed by atoms with Gasteiger partial charge >= 0.3 is 0 Å². The zero-order valence-corrected chi connectivity index (χ0v) is 13.5. The van der Waals surface area contributed by atoms with E-state index < -0.39 is 5.82 Å². The van der Waals surface area contributed by atoms with Crippen molar-refractivity contribution >= 4 is 21.8 Å². The zero-order chi connectivity index (χ0) is 14.8. The third-order valence-electron chi connectivity index (χ3n) is 4.32. The molecular weight excluding hydrogens is 335 g/mol. The smallest absolute Gasteiger partial charge is 0.257 e. The molecule has 0 aromatic heterocycles. The van der Waals surface area contributed by atoms with Crippen LogP contribution in [0.1, 0.15) is 36.0 Å². The van der Waals surface area contributed by atoms with E-state index in [4.69, 9.17) is 0 Å². The Kier molecular flexibility index (Phi) is 4.60. The number of benzene rings is 1. The summed E-state index contributed by atoms with van der Waals surface area (Å²) >= 11 is 3.32. The van der Waals surface area contributed by atoms with Crippen LogP contribution in [0.2, 0.25) is 0 Å². The van der Waals surface area contributed by atoms with Gasteiger partial charge in [0.2, 0.25) is 0 Å². The average molecular weight is 355 g/mol. The molecule has 3 nitrogen and oxygen atoms in total. The maximum atomic E-state index is 14.0. The van der Waals surface area contributed by atoms with Crippen LogP contribution in [0.4, 0.5) is 4.39 Å². The Morgan fingerprint density at radius 2 is 2.00 bits per heavy atom. The fourth-order valence-corrected chi connectivity index (χ4v) is 3.30. The minimum atomic E-state index is -0.431. The number of carbonyl (C=O) groups is 1. The summed E-state index contributed by atoms with van der Waals surface area (Å²) in [7, 11) is 0. The Morgan fingerprint density at radius 1 is 1.29 bits per heavy atom. The zero-order valence-electron chi connectivity index (χ0n) is 11.9.